The van der Waals surface area contributed by atoms with Crippen molar-refractivity contribution in [2.45, 2.75) is 39.9 Å². The summed E-state index contributed by atoms with van der Waals surface area (Å²) in [6.45, 7) is 11.6. The highest BCUT2D eigenvalue weighted by Gasteiger charge is 2.44. The molecule has 0 heterocycles. The molecule has 1 aliphatic rings. The van der Waals surface area contributed by atoms with Crippen molar-refractivity contribution in [1.29, 1.82) is 0 Å². The van der Waals surface area contributed by atoms with Crippen molar-refractivity contribution in [1.82, 2.24) is 0 Å². The third kappa shape index (κ3) is 1.74. The predicted octanol–water partition coefficient (Wildman–Crippen LogP) is 3.19. The molecule has 70 valence electrons. The van der Waals surface area contributed by atoms with Crippen LogP contribution in [0, 0.1) is 5.41 Å². The summed E-state index contributed by atoms with van der Waals surface area (Å²) < 4.78 is 5.52. The van der Waals surface area contributed by atoms with Gasteiger partial charge in [0, 0.05) is 0 Å². The molecule has 1 nitrogen and oxygen atoms in total. The zero-order valence-corrected chi connectivity index (χ0v) is 10.1. The highest BCUT2D eigenvalue weighted by Crippen LogP contribution is 2.54. The Morgan fingerprint density at radius 1 is 1.33 bits per heavy atom. The second-order valence-electron chi connectivity index (χ2n) is 5.32. The topological polar surface area (TPSA) is 9.23 Å². The Labute approximate surface area is 76.8 Å². The fourth-order valence-corrected chi connectivity index (χ4v) is 3.61. The Morgan fingerprint density at radius 3 is 1.83 bits per heavy atom. The largest absolute Gasteiger partial charge is 0.506 e. The van der Waals surface area contributed by atoms with Crippen LogP contribution in [0.4, 0.5) is 0 Å². The van der Waals surface area contributed by atoms with Gasteiger partial charge in [0.05, 0.1) is 12.5 Å². The van der Waals surface area contributed by atoms with Crippen LogP contribution in [0.25, 0.3) is 0 Å². The summed E-state index contributed by atoms with van der Waals surface area (Å²) in [6.07, 6.45) is 1.24. The lowest BCUT2D eigenvalue weighted by Crippen LogP contribution is -2.25. The third-order valence-corrected chi connectivity index (χ3v) is 4.34. The lowest BCUT2D eigenvalue weighted by molar-refractivity contribution is 0.312. The summed E-state index contributed by atoms with van der Waals surface area (Å²) in [5, 5.41) is 1.33. The molecule has 1 saturated carbocycles. The summed E-state index contributed by atoms with van der Waals surface area (Å²) in [6, 6.07) is 0. The van der Waals surface area contributed by atoms with E-state index in [1.54, 1.807) is 5.57 Å². The molecule has 0 saturated heterocycles. The van der Waals surface area contributed by atoms with Crippen LogP contribution in [-0.2, 0) is 4.74 Å². The van der Waals surface area contributed by atoms with Crippen molar-refractivity contribution in [3.8, 4) is 0 Å². The van der Waals surface area contributed by atoms with Gasteiger partial charge in [-0.15, -0.1) is 0 Å². The van der Waals surface area contributed by atoms with E-state index in [2.05, 4.69) is 33.5 Å². The van der Waals surface area contributed by atoms with Crippen LogP contribution in [0.2, 0.25) is 19.6 Å². The van der Waals surface area contributed by atoms with Crippen LogP contribution in [0.1, 0.15) is 20.3 Å². The molecule has 0 amide bonds. The molecule has 0 radical (unpaired) electrons. The Balaban J connectivity index is 2.93. The van der Waals surface area contributed by atoms with E-state index in [9.17, 15) is 0 Å². The molecule has 2 heteroatoms. The Kier molecular flexibility index (Phi) is 2.15. The maximum absolute atomic E-state index is 5.52. The molecule has 1 aliphatic carbocycles. The number of methoxy groups -OCH3 is 1. The van der Waals surface area contributed by atoms with Crippen LogP contribution < -0.4 is 0 Å². The van der Waals surface area contributed by atoms with Crippen molar-refractivity contribution in [2.24, 2.45) is 5.41 Å². The van der Waals surface area contributed by atoms with Gasteiger partial charge in [0.2, 0.25) is 0 Å². The van der Waals surface area contributed by atoms with Gasteiger partial charge in [0.1, 0.15) is 8.07 Å². The normalized spacial score (nSPS) is 25.2. The van der Waals surface area contributed by atoms with Crippen molar-refractivity contribution in [3.05, 3.63) is 11.0 Å². The first-order valence-corrected chi connectivity index (χ1v) is 8.07. The minimum absolute atomic E-state index is 0.436. The van der Waals surface area contributed by atoms with Crippen LogP contribution in [0.3, 0.4) is 0 Å². The highest BCUT2D eigenvalue weighted by molar-refractivity contribution is 6.82. The van der Waals surface area contributed by atoms with Crippen LogP contribution in [0.15, 0.2) is 11.0 Å². The summed E-state index contributed by atoms with van der Waals surface area (Å²) in [5.41, 5.74) is 2.00. The third-order valence-electron chi connectivity index (χ3n) is 2.47. The van der Waals surface area contributed by atoms with Crippen LogP contribution in [0.5, 0.6) is 0 Å². The molecule has 0 aromatic carbocycles. The molecule has 0 N–H and O–H groups in total. The monoisotopic (exact) mass is 184 g/mol. The van der Waals surface area contributed by atoms with E-state index in [4.69, 9.17) is 4.74 Å². The number of hydrogen-bond donors (Lipinski definition) is 0. The smallest absolute Gasteiger partial charge is 0.122 e. The van der Waals surface area contributed by atoms with E-state index < -0.39 is 8.07 Å². The zero-order chi connectivity index (χ0) is 9.57. The number of hydrogen-bond acceptors (Lipinski definition) is 1. The van der Waals surface area contributed by atoms with Crippen LogP contribution >= 0.6 is 0 Å². The Hall–Kier alpha value is -0.243. The number of allylic oxidation sites excluding steroid dienone is 1. The first-order chi connectivity index (χ1) is 5.29. The van der Waals surface area contributed by atoms with Gasteiger partial charge in [-0.3, -0.25) is 0 Å². The van der Waals surface area contributed by atoms with Gasteiger partial charge in [-0.25, -0.2) is 0 Å². The molecule has 0 spiro atoms. The highest BCUT2D eigenvalue weighted by atomic mass is 28.3. The number of rotatable bonds is 2. The molecule has 0 aromatic rings. The van der Waals surface area contributed by atoms with E-state index in [0.29, 0.717) is 5.41 Å². The second kappa shape index (κ2) is 2.62. The summed E-state index contributed by atoms with van der Waals surface area (Å²) in [5.74, 6) is 0. The van der Waals surface area contributed by atoms with Crippen molar-refractivity contribution in [3.63, 3.8) is 0 Å². The molecule has 0 aromatic heterocycles. The van der Waals surface area contributed by atoms with Gasteiger partial charge in [-0.1, -0.05) is 33.5 Å². The second-order valence-corrected chi connectivity index (χ2v) is 10.3. The van der Waals surface area contributed by atoms with Gasteiger partial charge in [-0.2, -0.15) is 0 Å². The molecule has 1 fully saturated rings. The summed E-state index contributed by atoms with van der Waals surface area (Å²) in [7, 11) is 0.596. The first-order valence-electron chi connectivity index (χ1n) is 4.57. The quantitative estimate of drug-likeness (QED) is 0.473. The molecule has 0 bridgehead atoms. The van der Waals surface area contributed by atoms with Crippen molar-refractivity contribution < 1.29 is 4.74 Å². The summed E-state index contributed by atoms with van der Waals surface area (Å²) in [4.78, 5) is 0. The average Bonchev–Trinajstić information content (AvgIpc) is 2.38. The van der Waals surface area contributed by atoms with Gasteiger partial charge in [-0.05, 0) is 17.4 Å². The fourth-order valence-electron chi connectivity index (χ4n) is 1.67. The Morgan fingerprint density at radius 2 is 1.75 bits per heavy atom. The van der Waals surface area contributed by atoms with E-state index in [0.717, 1.165) is 0 Å². The van der Waals surface area contributed by atoms with Gasteiger partial charge in [0.25, 0.3) is 0 Å². The zero-order valence-electron chi connectivity index (χ0n) is 9.12. The minimum Gasteiger partial charge on any atom is -0.506 e. The van der Waals surface area contributed by atoms with E-state index in [-0.39, 0.29) is 0 Å². The minimum atomic E-state index is -1.22. The number of ether oxygens (including phenoxy) is 1. The summed E-state index contributed by atoms with van der Waals surface area (Å²) >= 11 is 0. The SMILES string of the molecule is CO/C(=C1/CC1(C)C)[Si](C)(C)C. The fraction of sp³-hybridized carbons (Fsp3) is 0.800. The van der Waals surface area contributed by atoms with Gasteiger partial charge < -0.3 is 4.74 Å². The molecular weight excluding hydrogens is 164 g/mol. The molecule has 12 heavy (non-hydrogen) atoms. The first kappa shape index (κ1) is 9.84. The Bertz CT molecular complexity index is 220. The van der Waals surface area contributed by atoms with Crippen LogP contribution in [-0.4, -0.2) is 15.2 Å². The lowest BCUT2D eigenvalue weighted by Gasteiger charge is -2.19. The molecular formula is C10H20OSi. The van der Waals surface area contributed by atoms with E-state index in [1.165, 1.54) is 11.8 Å². The maximum atomic E-state index is 5.52. The van der Waals surface area contributed by atoms with Crippen molar-refractivity contribution in [2.75, 3.05) is 7.11 Å². The van der Waals surface area contributed by atoms with E-state index in [1.807, 2.05) is 7.11 Å². The molecule has 1 rings (SSSR count). The average molecular weight is 184 g/mol. The maximum Gasteiger partial charge on any atom is 0.122 e. The molecule has 0 atom stereocenters. The van der Waals surface area contributed by atoms with Gasteiger partial charge >= 0.3 is 0 Å². The lowest BCUT2D eigenvalue weighted by atomic mass is 10.2. The predicted molar refractivity (Wildman–Crippen MR) is 55.8 cm³/mol. The van der Waals surface area contributed by atoms with E-state index >= 15 is 0 Å². The van der Waals surface area contributed by atoms with Crippen molar-refractivity contribution >= 4 is 8.07 Å². The molecule has 0 unspecified atom stereocenters. The standard InChI is InChI=1S/C10H20OSi/c1-10(2)7-8(10)9(11-3)12(4,5)6/h7H2,1-6H3/b9-8+. The van der Waals surface area contributed by atoms with Gasteiger partial charge in [0.15, 0.2) is 0 Å². The molecule has 0 aliphatic heterocycles.